The van der Waals surface area contributed by atoms with Gasteiger partial charge in [-0.3, -0.25) is 0 Å². The molecule has 1 aliphatic heterocycles. The minimum atomic E-state index is -5.51. The number of hydrogen-bond acceptors (Lipinski definition) is 3. The number of nitriles is 1. The van der Waals surface area contributed by atoms with Crippen molar-refractivity contribution < 1.29 is 31.7 Å². The minimum Gasteiger partial charge on any atom is -0.207 e. The van der Waals surface area contributed by atoms with Crippen LogP contribution in [0, 0.1) is 24.1 Å². The normalized spacial score (nSPS) is 33.1. The molecule has 3 aromatic rings. The molecule has 0 radical (unpaired) electrons. The Hall–Kier alpha value is -2.94. The summed E-state index contributed by atoms with van der Waals surface area (Å²) in [7, 11) is -5.51. The first-order valence-electron chi connectivity index (χ1n) is 17.0. The largest absolute Gasteiger partial charge is 0.243 e. The summed E-state index contributed by atoms with van der Waals surface area (Å²) < 4.78 is 174. The SMILES string of the molecule is [2H]c1c([2H])c([2H])c(C(C#N)(c2c([2H])c([2H])c([2H])c([2H])c2[2H])[C@@]2([2H])C([2H])([2H])N(S(=O)(=O)c3ccc(C)cc3)C([2H])([2H])C2([2H])[2H])c([2H])c1[2H]. The number of hydrogen-bond donors (Lipinski definition) is 0. The van der Waals surface area contributed by atoms with E-state index >= 15 is 0 Å². The molecule has 0 saturated carbocycles. The minimum absolute atomic E-state index is 0.521. The molecule has 0 amide bonds. The highest BCUT2D eigenvalue weighted by molar-refractivity contribution is 7.89. The van der Waals surface area contributed by atoms with Crippen LogP contribution in [0.3, 0.4) is 0 Å². The van der Waals surface area contributed by atoms with Crippen molar-refractivity contribution in [2.45, 2.75) is 23.6 Å². The molecule has 3 aromatic carbocycles. The maximum absolute atomic E-state index is 14.0. The zero-order valence-corrected chi connectivity index (χ0v) is 16.2. The van der Waals surface area contributed by atoms with Gasteiger partial charge in [-0.15, -0.1) is 0 Å². The molecule has 1 saturated heterocycles. The average molecular weight is 434 g/mol. The van der Waals surface area contributed by atoms with Gasteiger partial charge in [0.05, 0.1) is 24.7 Å². The second kappa shape index (κ2) is 8.06. The van der Waals surface area contributed by atoms with Crippen LogP contribution in [0.2, 0.25) is 0 Å². The highest BCUT2D eigenvalue weighted by Gasteiger charge is 2.47. The van der Waals surface area contributed by atoms with Gasteiger partial charge in [-0.05, 0) is 36.6 Å². The van der Waals surface area contributed by atoms with Gasteiger partial charge >= 0.3 is 0 Å². The number of sulfonamides is 1. The highest BCUT2D eigenvalue weighted by Crippen LogP contribution is 2.44. The van der Waals surface area contributed by atoms with Crippen LogP contribution in [-0.2, 0) is 15.4 Å². The van der Waals surface area contributed by atoms with Gasteiger partial charge in [0.15, 0.2) is 0 Å². The Bertz CT molecular complexity index is 1870. The van der Waals surface area contributed by atoms with Gasteiger partial charge < -0.3 is 0 Å². The molecule has 1 atom stereocenters. The van der Waals surface area contributed by atoms with Crippen LogP contribution in [0.4, 0.5) is 0 Å². The molecule has 30 heavy (non-hydrogen) atoms. The first-order chi connectivity index (χ1) is 21.3. The van der Waals surface area contributed by atoms with Crippen LogP contribution in [0.15, 0.2) is 89.6 Å². The predicted octanol–water partition coefficient (Wildman–Crippen LogP) is 4.52. The van der Waals surface area contributed by atoms with Crippen molar-refractivity contribution in [3.63, 3.8) is 0 Å². The van der Waals surface area contributed by atoms with Crippen molar-refractivity contribution in [1.82, 2.24) is 4.31 Å². The maximum Gasteiger partial charge on any atom is 0.243 e. The maximum atomic E-state index is 14.0. The summed E-state index contributed by atoms with van der Waals surface area (Å²) in [5.74, 6) is -4.34. The average Bonchev–Trinajstić information content (AvgIpc) is 3.07. The summed E-state index contributed by atoms with van der Waals surface area (Å²) in [6.45, 7) is -6.84. The van der Waals surface area contributed by atoms with Gasteiger partial charge in [0.1, 0.15) is 5.41 Å². The van der Waals surface area contributed by atoms with Crippen LogP contribution < -0.4 is 0 Å². The standard InChI is InChI=1S/C25H24N2O2S/c1-20-12-14-24(15-13-20)30(28,29)27-17-16-23(18-27)25(19-26,21-8-4-2-5-9-21)22-10-6-3-7-11-22/h2-15,23H,16-18H2,1H3/t23-/m1/s1/i2D,3D,4D,5D,6D,7D,8D,9D,10D,11D,16D2,17D2,18D2,23D. The molecule has 0 aromatic heterocycles. The highest BCUT2D eigenvalue weighted by atomic mass is 32.2. The molecule has 0 N–H and O–H groups in total. The van der Waals surface area contributed by atoms with Crippen LogP contribution in [-0.4, -0.2) is 25.7 Å². The molecule has 5 heteroatoms. The number of aryl methyl sites for hydroxylation is 1. The third-order valence-electron chi connectivity index (χ3n) is 4.35. The van der Waals surface area contributed by atoms with Crippen molar-refractivity contribution in [2.24, 2.45) is 5.89 Å². The quantitative estimate of drug-likeness (QED) is 0.594. The van der Waals surface area contributed by atoms with Gasteiger partial charge in [-0.2, -0.15) is 9.57 Å². The molecular formula is C25H24N2O2S. The third-order valence-corrected chi connectivity index (χ3v) is 5.88. The molecule has 1 aliphatic rings. The van der Waals surface area contributed by atoms with Crippen LogP contribution in [0.25, 0.3) is 0 Å². The van der Waals surface area contributed by atoms with E-state index in [0.717, 1.165) is 12.1 Å². The van der Waals surface area contributed by atoms with E-state index in [1.807, 2.05) is 0 Å². The van der Waals surface area contributed by atoms with Crippen molar-refractivity contribution in [2.75, 3.05) is 13.0 Å². The lowest BCUT2D eigenvalue weighted by atomic mass is 9.66. The summed E-state index contributed by atoms with van der Waals surface area (Å²) in [6, 6.07) is -6.85. The zero-order valence-electron chi connectivity index (χ0n) is 32.4. The Kier molecular flexibility index (Phi) is 2.23. The molecule has 0 aliphatic carbocycles. The molecule has 4 nitrogen and oxygen atoms in total. The van der Waals surface area contributed by atoms with E-state index in [9.17, 15) is 15.1 Å². The molecule has 1 heterocycles. The summed E-state index contributed by atoms with van der Waals surface area (Å²) in [4.78, 5) is -0.774. The van der Waals surface area contributed by atoms with E-state index < -0.39 is 121 Å². The monoisotopic (exact) mass is 433 g/mol. The van der Waals surface area contributed by atoms with Gasteiger partial charge in [-0.25, -0.2) is 8.42 Å². The molecule has 152 valence electrons. The smallest absolute Gasteiger partial charge is 0.207 e. The molecular weight excluding hydrogens is 392 g/mol. The van der Waals surface area contributed by atoms with Crippen molar-refractivity contribution in [3.05, 3.63) is 101 Å². The molecule has 0 spiro atoms. The van der Waals surface area contributed by atoms with Gasteiger partial charge in [0.2, 0.25) is 10.0 Å². The van der Waals surface area contributed by atoms with E-state index in [0.29, 0.717) is 5.56 Å². The molecule has 0 unspecified atom stereocenters. The Morgan fingerprint density at radius 3 is 2.10 bits per heavy atom. The molecule has 1 fully saturated rings. The summed E-state index contributed by atoms with van der Waals surface area (Å²) in [6.07, 6.45) is -4.26. The lowest BCUT2D eigenvalue weighted by molar-refractivity contribution is 0.393. The first kappa shape index (κ1) is 8.30. The fourth-order valence-corrected chi connectivity index (χ4v) is 3.86. The van der Waals surface area contributed by atoms with E-state index in [4.69, 9.17) is 21.9 Å². The van der Waals surface area contributed by atoms with Crippen LogP contribution in [0.5, 0.6) is 0 Å². The van der Waals surface area contributed by atoms with Crippen LogP contribution >= 0.6 is 0 Å². The topological polar surface area (TPSA) is 61.2 Å². The van der Waals surface area contributed by atoms with Gasteiger partial charge in [0, 0.05) is 28.5 Å². The Balaban J connectivity index is 2.39. The lowest BCUT2D eigenvalue weighted by Gasteiger charge is -2.34. The van der Waals surface area contributed by atoms with E-state index in [1.165, 1.54) is 18.2 Å². The summed E-state index contributed by atoms with van der Waals surface area (Å²) >= 11 is 0. The fourth-order valence-electron chi connectivity index (χ4n) is 2.80. The van der Waals surface area contributed by atoms with Crippen LogP contribution in [0.1, 0.15) is 46.4 Å². The number of benzene rings is 3. The van der Waals surface area contributed by atoms with E-state index in [1.54, 1.807) is 6.92 Å². The Labute approximate surface area is 202 Å². The van der Waals surface area contributed by atoms with Crippen molar-refractivity contribution in [3.8, 4) is 6.07 Å². The number of rotatable bonds is 5. The summed E-state index contributed by atoms with van der Waals surface area (Å²) in [5.41, 5.74) is -6.32. The second-order valence-electron chi connectivity index (χ2n) is 6.17. The lowest BCUT2D eigenvalue weighted by Crippen LogP contribution is -2.38. The van der Waals surface area contributed by atoms with Crippen molar-refractivity contribution in [1.29, 1.82) is 5.26 Å². The molecule has 0 bridgehead atoms. The van der Waals surface area contributed by atoms with Crippen molar-refractivity contribution >= 4 is 10.0 Å². The Morgan fingerprint density at radius 1 is 1.07 bits per heavy atom. The Morgan fingerprint density at radius 2 is 1.60 bits per heavy atom. The number of nitrogens with zero attached hydrogens (tertiary/aromatic N) is 2. The second-order valence-corrected chi connectivity index (χ2v) is 7.95. The predicted molar refractivity (Wildman–Crippen MR) is 117 cm³/mol. The van der Waals surface area contributed by atoms with E-state index in [2.05, 4.69) is 0 Å². The molecule has 4 rings (SSSR count). The summed E-state index contributed by atoms with van der Waals surface area (Å²) in [5, 5.41) is 11.0. The van der Waals surface area contributed by atoms with Gasteiger partial charge in [0.25, 0.3) is 0 Å². The zero-order chi connectivity index (χ0) is 36.2. The van der Waals surface area contributed by atoms with E-state index in [-0.39, 0.29) is 0 Å². The third kappa shape index (κ3) is 3.43. The van der Waals surface area contributed by atoms with Gasteiger partial charge in [-0.1, -0.05) is 78.1 Å². The fraction of sp³-hybridized carbons (Fsp3) is 0.240. The first-order valence-corrected chi connectivity index (χ1v) is 9.90.